The van der Waals surface area contributed by atoms with Gasteiger partial charge in [-0.15, -0.1) is 0 Å². The normalized spacial score (nSPS) is 29.6. The van der Waals surface area contributed by atoms with E-state index >= 15 is 0 Å². The molecule has 4 rings (SSSR count). The van der Waals surface area contributed by atoms with Crippen LogP contribution >= 0.6 is 0 Å². The monoisotopic (exact) mass is 634 g/mol. The van der Waals surface area contributed by atoms with Crippen LogP contribution in [0.1, 0.15) is 114 Å². The molecule has 244 valence electrons. The standard InChI is InChI=1S/C32H48BF5O4S/c1-30-17-15-26-25-12-11-24(33(40)41)21-23(25)20-22(29(26)27(30)13-14-28(30)39)10-7-5-3-2-4-6-8-18-43(42)19-9-16-31(34,35)32(36,37)38/h11-12,21-22,26-29,39-41H,2-10,13-20H2,1H3/t22-,26?,27?,28+,29?,30+,43?/m1/s1. The molecule has 0 spiro atoms. The van der Waals surface area contributed by atoms with E-state index in [-0.39, 0.29) is 17.3 Å². The lowest BCUT2D eigenvalue weighted by Crippen LogP contribution is -2.47. The van der Waals surface area contributed by atoms with Crippen molar-refractivity contribution < 1.29 is 41.7 Å². The third-order valence-electron chi connectivity index (χ3n) is 10.9. The molecular formula is C32H48BF5O4S. The number of rotatable bonds is 15. The van der Waals surface area contributed by atoms with Gasteiger partial charge in [-0.05, 0) is 103 Å². The number of aliphatic hydroxyl groups is 1. The SMILES string of the molecule is C[C@]12CCC3c4ccc(B(O)O)cc4C[C@@H](CCCCCCCCC[S+]([O-])CCCC(F)(F)C(F)(F)F)C3C1CC[C@@H]2O. The average molecular weight is 635 g/mol. The molecule has 7 atom stereocenters. The zero-order valence-electron chi connectivity index (χ0n) is 25.3. The summed E-state index contributed by atoms with van der Waals surface area (Å²) in [7, 11) is -1.47. The first-order valence-electron chi connectivity index (χ1n) is 16.2. The van der Waals surface area contributed by atoms with Crippen molar-refractivity contribution in [3.8, 4) is 0 Å². The van der Waals surface area contributed by atoms with Crippen LogP contribution in [0.4, 0.5) is 22.0 Å². The van der Waals surface area contributed by atoms with E-state index in [9.17, 15) is 41.7 Å². The van der Waals surface area contributed by atoms with Crippen molar-refractivity contribution in [1.82, 2.24) is 0 Å². The predicted molar refractivity (Wildman–Crippen MR) is 161 cm³/mol. The molecule has 0 radical (unpaired) electrons. The molecule has 1 aromatic rings. The Balaban J connectivity index is 1.18. The molecule has 2 fully saturated rings. The molecule has 1 aromatic carbocycles. The number of hydrogen-bond donors (Lipinski definition) is 3. The Labute approximate surface area is 256 Å². The first-order chi connectivity index (χ1) is 20.2. The molecule has 0 aromatic heterocycles. The van der Waals surface area contributed by atoms with E-state index in [1.165, 1.54) is 11.1 Å². The van der Waals surface area contributed by atoms with Crippen molar-refractivity contribution in [2.45, 2.75) is 127 Å². The molecule has 0 bridgehead atoms. The first kappa shape index (κ1) is 35.0. The fraction of sp³-hybridized carbons (Fsp3) is 0.812. The molecule has 2 saturated carbocycles. The summed E-state index contributed by atoms with van der Waals surface area (Å²) in [6.45, 7) is 2.28. The topological polar surface area (TPSA) is 83.8 Å². The summed E-state index contributed by atoms with van der Waals surface area (Å²) in [5.41, 5.74) is 3.12. The molecule has 11 heteroatoms. The number of unbranched alkanes of at least 4 members (excludes halogenated alkanes) is 6. The van der Waals surface area contributed by atoms with Crippen LogP contribution in [0.5, 0.6) is 0 Å². The van der Waals surface area contributed by atoms with Crippen LogP contribution in [0.15, 0.2) is 18.2 Å². The Kier molecular flexibility index (Phi) is 12.0. The Morgan fingerprint density at radius 1 is 0.930 bits per heavy atom. The van der Waals surface area contributed by atoms with Gasteiger partial charge in [0, 0.05) is 6.42 Å². The highest BCUT2D eigenvalue weighted by atomic mass is 32.2. The Morgan fingerprint density at radius 2 is 1.58 bits per heavy atom. The molecule has 0 saturated heterocycles. The number of fused-ring (bicyclic) bond motifs is 5. The Bertz CT molecular complexity index is 1040. The lowest BCUT2D eigenvalue weighted by molar-refractivity contribution is -0.284. The highest BCUT2D eigenvalue weighted by Gasteiger charge is 2.57. The highest BCUT2D eigenvalue weighted by Crippen LogP contribution is 2.62. The van der Waals surface area contributed by atoms with Crippen molar-refractivity contribution in [2.75, 3.05) is 11.5 Å². The van der Waals surface area contributed by atoms with Gasteiger partial charge in [-0.25, -0.2) is 0 Å². The van der Waals surface area contributed by atoms with E-state index < -0.39 is 43.2 Å². The number of halogens is 5. The second-order valence-electron chi connectivity index (χ2n) is 13.6. The lowest BCUT2D eigenvalue weighted by atomic mass is 9.52. The first-order valence-corrected chi connectivity index (χ1v) is 17.7. The van der Waals surface area contributed by atoms with Gasteiger partial charge < -0.3 is 19.7 Å². The van der Waals surface area contributed by atoms with Crippen molar-refractivity contribution in [1.29, 1.82) is 0 Å². The molecule has 3 aliphatic carbocycles. The zero-order chi connectivity index (χ0) is 31.4. The third-order valence-corrected chi connectivity index (χ3v) is 12.4. The zero-order valence-corrected chi connectivity index (χ0v) is 26.1. The largest absolute Gasteiger partial charge is 0.616 e. The molecule has 0 aliphatic heterocycles. The van der Waals surface area contributed by atoms with Crippen LogP contribution in [0.3, 0.4) is 0 Å². The van der Waals surface area contributed by atoms with Gasteiger partial charge in [0.15, 0.2) is 0 Å². The summed E-state index contributed by atoms with van der Waals surface area (Å²) in [6, 6.07) is 5.93. The molecular weight excluding hydrogens is 586 g/mol. The molecule has 4 unspecified atom stereocenters. The quantitative estimate of drug-likeness (QED) is 0.0873. The van der Waals surface area contributed by atoms with Crippen LogP contribution in [0.2, 0.25) is 0 Å². The number of alkyl halides is 5. The average Bonchev–Trinajstić information content (AvgIpc) is 3.24. The number of benzene rings is 1. The van der Waals surface area contributed by atoms with E-state index in [0.717, 1.165) is 77.0 Å². The summed E-state index contributed by atoms with van der Waals surface area (Å²) in [5.74, 6) is -2.50. The molecule has 43 heavy (non-hydrogen) atoms. The third kappa shape index (κ3) is 8.29. The minimum absolute atomic E-state index is 0.0179. The van der Waals surface area contributed by atoms with Gasteiger partial charge in [0.25, 0.3) is 0 Å². The van der Waals surface area contributed by atoms with Gasteiger partial charge in [0.2, 0.25) is 0 Å². The minimum Gasteiger partial charge on any atom is -0.616 e. The minimum atomic E-state index is -5.55. The van der Waals surface area contributed by atoms with E-state index in [1.54, 1.807) is 0 Å². The summed E-state index contributed by atoms with van der Waals surface area (Å²) in [4.78, 5) is 0. The summed E-state index contributed by atoms with van der Waals surface area (Å²) in [6.07, 6.45) is 5.48. The van der Waals surface area contributed by atoms with Crippen LogP contribution < -0.4 is 5.46 Å². The van der Waals surface area contributed by atoms with Gasteiger partial charge in [-0.3, -0.25) is 0 Å². The second kappa shape index (κ2) is 14.7. The van der Waals surface area contributed by atoms with E-state index in [2.05, 4.69) is 13.0 Å². The molecule has 4 nitrogen and oxygen atoms in total. The Morgan fingerprint density at radius 3 is 2.26 bits per heavy atom. The van der Waals surface area contributed by atoms with E-state index in [1.807, 2.05) is 12.1 Å². The maximum absolute atomic E-state index is 13.0. The van der Waals surface area contributed by atoms with Crippen molar-refractivity contribution >= 4 is 23.8 Å². The van der Waals surface area contributed by atoms with Crippen LogP contribution in [-0.2, 0) is 17.6 Å². The molecule has 0 heterocycles. The molecule has 0 amide bonds. The van der Waals surface area contributed by atoms with Crippen LogP contribution in [0, 0.1) is 23.2 Å². The predicted octanol–water partition coefficient (Wildman–Crippen LogP) is 6.66. The van der Waals surface area contributed by atoms with Gasteiger partial charge in [-0.1, -0.05) is 68.4 Å². The van der Waals surface area contributed by atoms with Gasteiger partial charge >= 0.3 is 19.2 Å². The fourth-order valence-corrected chi connectivity index (χ4v) is 9.67. The number of hydrogen-bond acceptors (Lipinski definition) is 4. The number of aliphatic hydroxyl groups excluding tert-OH is 1. The van der Waals surface area contributed by atoms with Gasteiger partial charge in [0.1, 0.15) is 11.5 Å². The van der Waals surface area contributed by atoms with Gasteiger partial charge in [0.05, 0.1) is 6.10 Å². The van der Waals surface area contributed by atoms with Crippen LogP contribution in [-0.4, -0.2) is 56.5 Å². The van der Waals surface area contributed by atoms with Crippen molar-refractivity contribution in [3.63, 3.8) is 0 Å². The van der Waals surface area contributed by atoms with Gasteiger partial charge in [-0.2, -0.15) is 22.0 Å². The van der Waals surface area contributed by atoms with Crippen molar-refractivity contribution in [2.24, 2.45) is 23.2 Å². The second-order valence-corrected chi connectivity index (χ2v) is 15.3. The molecule has 3 aliphatic rings. The van der Waals surface area contributed by atoms with Crippen LogP contribution in [0.25, 0.3) is 0 Å². The Hall–Kier alpha value is -0.875. The highest BCUT2D eigenvalue weighted by molar-refractivity contribution is 7.91. The maximum atomic E-state index is 13.0. The van der Waals surface area contributed by atoms with E-state index in [0.29, 0.717) is 41.3 Å². The fourth-order valence-electron chi connectivity index (χ4n) is 8.48. The summed E-state index contributed by atoms with van der Waals surface area (Å²) in [5, 5.41) is 30.4. The maximum Gasteiger partial charge on any atom is 0.488 e. The van der Waals surface area contributed by atoms with Crippen molar-refractivity contribution in [3.05, 3.63) is 29.3 Å². The smallest absolute Gasteiger partial charge is 0.488 e. The summed E-state index contributed by atoms with van der Waals surface area (Å²) >= 11 is -1.37. The lowest BCUT2D eigenvalue weighted by Gasteiger charge is -2.53. The molecule has 3 N–H and O–H groups in total. The summed E-state index contributed by atoms with van der Waals surface area (Å²) < 4.78 is 74.6. The van der Waals surface area contributed by atoms with E-state index in [4.69, 9.17) is 0 Å².